The molecule has 2 atom stereocenters. The molecule has 0 saturated carbocycles. The predicted octanol–water partition coefficient (Wildman–Crippen LogP) is 3.01. The van der Waals surface area contributed by atoms with E-state index in [4.69, 9.17) is 0 Å². The molecule has 2 aromatic rings. The molecular weight excluding hydrogens is 258 g/mol. The van der Waals surface area contributed by atoms with Gasteiger partial charge in [0.25, 0.3) is 0 Å². The molecule has 110 valence electrons. The van der Waals surface area contributed by atoms with Crippen LogP contribution in [0.2, 0.25) is 0 Å². The summed E-state index contributed by atoms with van der Waals surface area (Å²) in [6.45, 7) is 5.41. The molecule has 2 heterocycles. The first-order valence-electron chi connectivity index (χ1n) is 7.74. The molecule has 3 nitrogen and oxygen atoms in total. The molecule has 1 N–H and O–H groups in total. The Morgan fingerprint density at radius 1 is 1.19 bits per heavy atom. The minimum absolute atomic E-state index is 0.410. The quantitative estimate of drug-likeness (QED) is 0.937. The number of rotatable bonds is 3. The maximum atomic E-state index is 4.23. The number of pyridine rings is 1. The summed E-state index contributed by atoms with van der Waals surface area (Å²) in [5.41, 5.74) is 2.67. The maximum Gasteiger partial charge on any atom is 0.0449 e. The van der Waals surface area contributed by atoms with Crippen LogP contribution in [-0.2, 0) is 6.54 Å². The summed E-state index contributed by atoms with van der Waals surface area (Å²) in [6.07, 6.45) is 5.00. The third-order valence-corrected chi connectivity index (χ3v) is 4.30. The molecule has 0 aliphatic carbocycles. The molecule has 1 aliphatic rings. The van der Waals surface area contributed by atoms with Crippen LogP contribution in [0.1, 0.15) is 30.5 Å². The Morgan fingerprint density at radius 2 is 2.05 bits per heavy atom. The van der Waals surface area contributed by atoms with Crippen LogP contribution in [0.25, 0.3) is 0 Å². The Bertz CT molecular complexity index is 541. The van der Waals surface area contributed by atoms with Gasteiger partial charge in [-0.3, -0.25) is 9.88 Å². The molecule has 1 fully saturated rings. The Balaban J connectivity index is 1.75. The number of nitrogens with one attached hydrogen (secondary N) is 1. The molecule has 1 aliphatic heterocycles. The second-order valence-electron chi connectivity index (χ2n) is 5.85. The van der Waals surface area contributed by atoms with E-state index in [1.807, 2.05) is 18.5 Å². The highest BCUT2D eigenvalue weighted by atomic mass is 15.2. The van der Waals surface area contributed by atoms with Crippen molar-refractivity contribution in [2.75, 3.05) is 13.1 Å². The molecule has 3 rings (SSSR count). The van der Waals surface area contributed by atoms with Gasteiger partial charge in [-0.15, -0.1) is 0 Å². The summed E-state index contributed by atoms with van der Waals surface area (Å²) in [6, 6.07) is 15.9. The van der Waals surface area contributed by atoms with E-state index in [0.717, 1.165) is 19.6 Å². The average molecular weight is 281 g/mol. The van der Waals surface area contributed by atoms with Gasteiger partial charge in [0.05, 0.1) is 0 Å². The zero-order valence-electron chi connectivity index (χ0n) is 12.6. The van der Waals surface area contributed by atoms with Crippen LogP contribution >= 0.6 is 0 Å². The highest BCUT2D eigenvalue weighted by molar-refractivity contribution is 5.20. The zero-order chi connectivity index (χ0) is 14.5. The Morgan fingerprint density at radius 3 is 2.81 bits per heavy atom. The van der Waals surface area contributed by atoms with Crippen molar-refractivity contribution < 1.29 is 0 Å². The van der Waals surface area contributed by atoms with Crippen molar-refractivity contribution in [1.82, 2.24) is 15.2 Å². The van der Waals surface area contributed by atoms with Crippen LogP contribution in [0.3, 0.4) is 0 Å². The van der Waals surface area contributed by atoms with E-state index < -0.39 is 0 Å². The van der Waals surface area contributed by atoms with Crippen molar-refractivity contribution >= 4 is 0 Å². The Hall–Kier alpha value is -1.71. The normalized spacial score (nSPS) is 23.7. The monoisotopic (exact) mass is 281 g/mol. The molecule has 1 aromatic heterocycles. The minimum Gasteiger partial charge on any atom is -0.309 e. The first kappa shape index (κ1) is 14.2. The largest absolute Gasteiger partial charge is 0.309 e. The predicted molar refractivity (Wildman–Crippen MR) is 85.9 cm³/mol. The Labute approximate surface area is 127 Å². The number of hydrogen-bond donors (Lipinski definition) is 1. The van der Waals surface area contributed by atoms with Gasteiger partial charge in [0.2, 0.25) is 0 Å². The summed E-state index contributed by atoms with van der Waals surface area (Å²) in [7, 11) is 0. The van der Waals surface area contributed by atoms with E-state index in [1.165, 1.54) is 17.5 Å². The first-order valence-corrected chi connectivity index (χ1v) is 7.74. The fraction of sp³-hybridized carbons (Fsp3) is 0.389. The lowest BCUT2D eigenvalue weighted by atomic mass is 10.1. The zero-order valence-corrected chi connectivity index (χ0v) is 12.6. The lowest BCUT2D eigenvalue weighted by Gasteiger charge is -2.29. The minimum atomic E-state index is 0.410. The van der Waals surface area contributed by atoms with Gasteiger partial charge in [-0.25, -0.2) is 0 Å². The van der Waals surface area contributed by atoms with E-state index in [2.05, 4.69) is 58.5 Å². The smallest absolute Gasteiger partial charge is 0.0449 e. The topological polar surface area (TPSA) is 28.2 Å². The third kappa shape index (κ3) is 3.69. The van der Waals surface area contributed by atoms with Gasteiger partial charge in [-0.1, -0.05) is 36.4 Å². The fourth-order valence-electron chi connectivity index (χ4n) is 2.98. The van der Waals surface area contributed by atoms with E-state index >= 15 is 0 Å². The molecule has 0 radical (unpaired) electrons. The van der Waals surface area contributed by atoms with Gasteiger partial charge in [0, 0.05) is 37.6 Å². The number of nitrogens with zero attached hydrogens (tertiary/aromatic N) is 2. The molecule has 1 saturated heterocycles. The van der Waals surface area contributed by atoms with E-state index in [9.17, 15) is 0 Å². The standard InChI is InChI=1S/C18H23N3/c1-15-9-11-20-18(17-7-3-2-4-8-17)14-21(15)13-16-6-5-10-19-12-16/h2-8,10,12,15,18,20H,9,11,13-14H2,1H3. The van der Waals surface area contributed by atoms with Crippen LogP contribution in [0.5, 0.6) is 0 Å². The summed E-state index contributed by atoms with van der Waals surface area (Å²) in [5, 5.41) is 3.69. The summed E-state index contributed by atoms with van der Waals surface area (Å²) < 4.78 is 0. The summed E-state index contributed by atoms with van der Waals surface area (Å²) in [5.74, 6) is 0. The highest BCUT2D eigenvalue weighted by Crippen LogP contribution is 2.21. The average Bonchev–Trinajstić information content (AvgIpc) is 2.72. The van der Waals surface area contributed by atoms with Crippen LogP contribution in [-0.4, -0.2) is 29.0 Å². The van der Waals surface area contributed by atoms with Crippen LogP contribution < -0.4 is 5.32 Å². The van der Waals surface area contributed by atoms with E-state index in [-0.39, 0.29) is 0 Å². The van der Waals surface area contributed by atoms with Gasteiger partial charge >= 0.3 is 0 Å². The number of aromatic nitrogens is 1. The molecule has 0 bridgehead atoms. The molecule has 1 aromatic carbocycles. The third-order valence-electron chi connectivity index (χ3n) is 4.30. The van der Waals surface area contributed by atoms with Crippen LogP contribution in [0.15, 0.2) is 54.9 Å². The number of hydrogen-bond acceptors (Lipinski definition) is 3. The van der Waals surface area contributed by atoms with Crippen molar-refractivity contribution in [3.63, 3.8) is 0 Å². The van der Waals surface area contributed by atoms with E-state index in [1.54, 1.807) is 0 Å². The molecule has 2 unspecified atom stereocenters. The SMILES string of the molecule is CC1CCNC(c2ccccc2)CN1Cc1cccnc1. The van der Waals surface area contributed by atoms with Crippen LogP contribution in [0.4, 0.5) is 0 Å². The maximum absolute atomic E-state index is 4.23. The molecule has 0 amide bonds. The second kappa shape index (κ2) is 6.83. The lowest BCUT2D eigenvalue weighted by molar-refractivity contribution is 0.196. The molecule has 0 spiro atoms. The van der Waals surface area contributed by atoms with Crippen molar-refractivity contribution in [3.05, 3.63) is 66.0 Å². The Kier molecular flexibility index (Phi) is 4.63. The molecule has 3 heteroatoms. The van der Waals surface area contributed by atoms with Gasteiger partial charge in [-0.05, 0) is 37.1 Å². The fourth-order valence-corrected chi connectivity index (χ4v) is 2.98. The summed E-state index contributed by atoms with van der Waals surface area (Å²) >= 11 is 0. The van der Waals surface area contributed by atoms with Crippen molar-refractivity contribution in [2.45, 2.75) is 32.0 Å². The molecular formula is C18H23N3. The second-order valence-corrected chi connectivity index (χ2v) is 5.85. The summed E-state index contributed by atoms with van der Waals surface area (Å²) in [4.78, 5) is 6.80. The highest BCUT2D eigenvalue weighted by Gasteiger charge is 2.23. The lowest BCUT2D eigenvalue weighted by Crippen LogP contribution is -2.35. The molecule has 21 heavy (non-hydrogen) atoms. The van der Waals surface area contributed by atoms with Crippen LogP contribution in [0, 0.1) is 0 Å². The van der Waals surface area contributed by atoms with Gasteiger partial charge in [-0.2, -0.15) is 0 Å². The van der Waals surface area contributed by atoms with Gasteiger partial charge in [0.15, 0.2) is 0 Å². The van der Waals surface area contributed by atoms with E-state index in [0.29, 0.717) is 12.1 Å². The van der Waals surface area contributed by atoms with Crippen molar-refractivity contribution in [2.24, 2.45) is 0 Å². The first-order chi connectivity index (χ1) is 10.3. The van der Waals surface area contributed by atoms with Gasteiger partial charge in [0.1, 0.15) is 0 Å². The van der Waals surface area contributed by atoms with Gasteiger partial charge < -0.3 is 5.32 Å². The van der Waals surface area contributed by atoms with Crippen molar-refractivity contribution in [3.8, 4) is 0 Å². The number of benzene rings is 1. The van der Waals surface area contributed by atoms with Crippen molar-refractivity contribution in [1.29, 1.82) is 0 Å².